The fourth-order valence-corrected chi connectivity index (χ4v) is 2.97. The molecule has 9 nitrogen and oxygen atoms in total. The van der Waals surface area contributed by atoms with E-state index in [1.165, 1.54) is 25.1 Å². The van der Waals surface area contributed by atoms with Crippen LogP contribution in [0.15, 0.2) is 24.3 Å². The second-order valence-electron chi connectivity index (χ2n) is 6.49. The van der Waals surface area contributed by atoms with E-state index in [1.54, 1.807) is 6.07 Å². The molecule has 0 aliphatic heterocycles. The number of benzene rings is 1. The number of amides is 3. The standard InChI is InChI=1S/C18H23N3O6/c1-12(17(23)20-18(24)19-14-8-3-2-4-9-14)27-16(22)11-13-7-5-6-10-15(13)21(25)26/h5-7,10,12,14H,2-4,8-9,11H2,1H3,(H2,19,20,23,24)/t12-/m0/s1. The number of hydrogen-bond acceptors (Lipinski definition) is 6. The molecule has 1 aliphatic carbocycles. The molecule has 1 atom stereocenters. The van der Waals surface area contributed by atoms with Gasteiger partial charge >= 0.3 is 12.0 Å². The Balaban J connectivity index is 1.82. The van der Waals surface area contributed by atoms with Crippen LogP contribution < -0.4 is 10.6 Å². The zero-order valence-corrected chi connectivity index (χ0v) is 15.1. The van der Waals surface area contributed by atoms with Gasteiger partial charge in [-0.2, -0.15) is 0 Å². The lowest BCUT2D eigenvalue weighted by Crippen LogP contribution is -2.48. The van der Waals surface area contributed by atoms with Gasteiger partial charge in [0, 0.05) is 17.7 Å². The Labute approximate surface area is 156 Å². The van der Waals surface area contributed by atoms with Crippen molar-refractivity contribution in [3.05, 3.63) is 39.9 Å². The second kappa shape index (κ2) is 9.65. The third-order valence-corrected chi connectivity index (χ3v) is 4.38. The highest BCUT2D eigenvalue weighted by Crippen LogP contribution is 2.19. The maximum absolute atomic E-state index is 12.0. The monoisotopic (exact) mass is 377 g/mol. The van der Waals surface area contributed by atoms with Crippen LogP contribution in [0.3, 0.4) is 0 Å². The van der Waals surface area contributed by atoms with Crippen LogP contribution in [0.4, 0.5) is 10.5 Å². The maximum atomic E-state index is 12.0. The Morgan fingerprint density at radius 2 is 1.89 bits per heavy atom. The third-order valence-electron chi connectivity index (χ3n) is 4.38. The normalized spacial score (nSPS) is 15.4. The summed E-state index contributed by atoms with van der Waals surface area (Å²) >= 11 is 0. The van der Waals surface area contributed by atoms with Gasteiger partial charge in [0.1, 0.15) is 0 Å². The summed E-state index contributed by atoms with van der Waals surface area (Å²) in [7, 11) is 0. The molecule has 0 saturated heterocycles. The second-order valence-corrected chi connectivity index (χ2v) is 6.49. The molecule has 146 valence electrons. The van der Waals surface area contributed by atoms with Gasteiger partial charge in [0.15, 0.2) is 6.10 Å². The molecule has 0 radical (unpaired) electrons. The summed E-state index contributed by atoms with van der Waals surface area (Å²) in [5.41, 5.74) is -0.00596. The van der Waals surface area contributed by atoms with Crippen LogP contribution in [-0.2, 0) is 20.7 Å². The zero-order chi connectivity index (χ0) is 19.8. The molecule has 1 aromatic rings. The summed E-state index contributed by atoms with van der Waals surface area (Å²) < 4.78 is 4.99. The number of nitrogens with one attached hydrogen (secondary N) is 2. The number of esters is 1. The number of rotatable bonds is 6. The molecule has 1 saturated carbocycles. The van der Waals surface area contributed by atoms with Gasteiger partial charge in [-0.25, -0.2) is 4.79 Å². The first-order valence-electron chi connectivity index (χ1n) is 8.90. The molecule has 1 fully saturated rings. The van der Waals surface area contributed by atoms with Gasteiger partial charge in [-0.1, -0.05) is 37.5 Å². The lowest BCUT2D eigenvalue weighted by Gasteiger charge is -2.23. The first-order chi connectivity index (χ1) is 12.9. The zero-order valence-electron chi connectivity index (χ0n) is 15.1. The number of ether oxygens (including phenoxy) is 1. The molecule has 0 bridgehead atoms. The highest BCUT2D eigenvalue weighted by Gasteiger charge is 2.23. The third kappa shape index (κ3) is 6.36. The van der Waals surface area contributed by atoms with Crippen LogP contribution in [0, 0.1) is 10.1 Å². The molecule has 9 heteroatoms. The Morgan fingerprint density at radius 1 is 1.22 bits per heavy atom. The summed E-state index contributed by atoms with van der Waals surface area (Å²) in [6, 6.07) is 5.22. The predicted octanol–water partition coefficient (Wildman–Crippen LogP) is 2.23. The van der Waals surface area contributed by atoms with Crippen LogP contribution in [-0.4, -0.2) is 35.0 Å². The molecule has 0 heterocycles. The van der Waals surface area contributed by atoms with Gasteiger partial charge in [0.2, 0.25) is 0 Å². The molecule has 2 N–H and O–H groups in total. The Bertz CT molecular complexity index is 715. The molecule has 1 aromatic carbocycles. The van der Waals surface area contributed by atoms with E-state index in [-0.39, 0.29) is 23.7 Å². The van der Waals surface area contributed by atoms with Crippen molar-refractivity contribution < 1.29 is 24.0 Å². The number of carbonyl (C=O) groups is 3. The Hall–Kier alpha value is -2.97. The summed E-state index contributed by atoms with van der Waals surface area (Å²) in [6.45, 7) is 1.33. The van der Waals surface area contributed by atoms with E-state index in [2.05, 4.69) is 10.6 Å². The molecule has 0 spiro atoms. The van der Waals surface area contributed by atoms with Crippen molar-refractivity contribution >= 4 is 23.6 Å². The lowest BCUT2D eigenvalue weighted by atomic mass is 9.96. The molecular weight excluding hydrogens is 354 g/mol. The van der Waals surface area contributed by atoms with E-state index in [4.69, 9.17) is 4.74 Å². The average Bonchev–Trinajstić information content (AvgIpc) is 2.62. The largest absolute Gasteiger partial charge is 0.452 e. The summed E-state index contributed by atoms with van der Waals surface area (Å²) in [6.07, 6.45) is 3.44. The van der Waals surface area contributed by atoms with Gasteiger partial charge < -0.3 is 10.1 Å². The van der Waals surface area contributed by atoms with Crippen LogP contribution in [0.25, 0.3) is 0 Å². The van der Waals surface area contributed by atoms with Crippen molar-refractivity contribution in [1.29, 1.82) is 0 Å². The first-order valence-corrected chi connectivity index (χ1v) is 8.90. The smallest absolute Gasteiger partial charge is 0.321 e. The number of para-hydroxylation sites is 1. The minimum Gasteiger partial charge on any atom is -0.452 e. The van der Waals surface area contributed by atoms with Crippen molar-refractivity contribution in [2.75, 3.05) is 0 Å². The molecular formula is C18H23N3O6. The van der Waals surface area contributed by atoms with Gasteiger partial charge in [0.25, 0.3) is 11.6 Å². The number of nitrogens with zero attached hydrogens (tertiary/aromatic N) is 1. The molecule has 0 aromatic heterocycles. The van der Waals surface area contributed by atoms with Crippen LogP contribution in [0.2, 0.25) is 0 Å². The summed E-state index contributed by atoms with van der Waals surface area (Å²) in [5.74, 6) is -1.54. The fraction of sp³-hybridized carbons (Fsp3) is 0.500. The molecule has 3 amide bonds. The van der Waals surface area contributed by atoms with E-state index in [9.17, 15) is 24.5 Å². The fourth-order valence-electron chi connectivity index (χ4n) is 2.97. The minimum atomic E-state index is -1.20. The van der Waals surface area contributed by atoms with Crippen LogP contribution in [0.1, 0.15) is 44.6 Å². The number of imide groups is 1. The predicted molar refractivity (Wildman–Crippen MR) is 95.9 cm³/mol. The van der Waals surface area contributed by atoms with Crippen LogP contribution in [0.5, 0.6) is 0 Å². The van der Waals surface area contributed by atoms with Crippen molar-refractivity contribution in [2.24, 2.45) is 0 Å². The van der Waals surface area contributed by atoms with Crippen molar-refractivity contribution in [3.63, 3.8) is 0 Å². The molecule has 27 heavy (non-hydrogen) atoms. The van der Waals surface area contributed by atoms with E-state index in [0.717, 1.165) is 32.1 Å². The van der Waals surface area contributed by atoms with E-state index in [1.807, 2.05) is 0 Å². The van der Waals surface area contributed by atoms with E-state index < -0.39 is 28.9 Å². The SMILES string of the molecule is C[C@H](OC(=O)Cc1ccccc1[N+](=O)[O-])C(=O)NC(=O)NC1CCCCC1. The van der Waals surface area contributed by atoms with Gasteiger partial charge in [-0.3, -0.25) is 25.0 Å². The molecule has 0 unspecified atom stereocenters. The Kier molecular flexibility index (Phi) is 7.27. The Morgan fingerprint density at radius 3 is 2.56 bits per heavy atom. The lowest BCUT2D eigenvalue weighted by molar-refractivity contribution is -0.385. The summed E-state index contributed by atoms with van der Waals surface area (Å²) in [4.78, 5) is 46.2. The summed E-state index contributed by atoms with van der Waals surface area (Å²) in [5, 5.41) is 15.8. The number of hydrogen-bond donors (Lipinski definition) is 2. The van der Waals surface area contributed by atoms with Crippen molar-refractivity contribution in [1.82, 2.24) is 10.6 Å². The van der Waals surface area contributed by atoms with Crippen molar-refractivity contribution in [3.8, 4) is 0 Å². The van der Waals surface area contributed by atoms with Gasteiger partial charge in [-0.15, -0.1) is 0 Å². The minimum absolute atomic E-state index is 0.0445. The number of carbonyl (C=O) groups excluding carboxylic acids is 3. The number of nitro groups is 1. The highest BCUT2D eigenvalue weighted by molar-refractivity contribution is 5.97. The number of nitro benzene ring substituents is 1. The maximum Gasteiger partial charge on any atom is 0.321 e. The van der Waals surface area contributed by atoms with Crippen LogP contribution >= 0.6 is 0 Å². The quantitative estimate of drug-likeness (QED) is 0.444. The highest BCUT2D eigenvalue weighted by atomic mass is 16.6. The topological polar surface area (TPSA) is 128 Å². The number of urea groups is 1. The van der Waals surface area contributed by atoms with E-state index in [0.29, 0.717) is 0 Å². The molecule has 1 aliphatic rings. The molecule has 2 rings (SSSR count). The average molecular weight is 377 g/mol. The van der Waals surface area contributed by atoms with Crippen molar-refractivity contribution in [2.45, 2.75) is 57.6 Å². The van der Waals surface area contributed by atoms with E-state index >= 15 is 0 Å². The van der Waals surface area contributed by atoms with Gasteiger partial charge in [0.05, 0.1) is 11.3 Å². The van der Waals surface area contributed by atoms with Gasteiger partial charge in [-0.05, 0) is 19.8 Å². The first kappa shape index (κ1) is 20.3.